The second-order valence-electron chi connectivity index (χ2n) is 5.42. The molecule has 1 aliphatic rings. The molecular weight excluding hydrogens is 352 g/mol. The van der Waals surface area contributed by atoms with Crippen LogP contribution in [0.15, 0.2) is 53.4 Å². The second-order valence-corrected chi connectivity index (χ2v) is 6.41. The predicted octanol–water partition coefficient (Wildman–Crippen LogP) is 3.81. The normalized spacial score (nSPS) is 15.5. The Balaban J connectivity index is 1.79. The molecule has 0 radical (unpaired) electrons. The number of imide groups is 1. The van der Waals surface area contributed by atoms with Crippen molar-refractivity contribution in [3.05, 3.63) is 59.0 Å². The average Bonchev–Trinajstić information content (AvgIpc) is 2.93. The minimum absolute atomic E-state index is 0.112. The first-order chi connectivity index (χ1) is 12.6. The van der Waals surface area contributed by atoms with E-state index < -0.39 is 0 Å². The van der Waals surface area contributed by atoms with Crippen molar-refractivity contribution in [2.24, 2.45) is 0 Å². The topological polar surface area (TPSA) is 67.9 Å². The highest BCUT2D eigenvalue weighted by Crippen LogP contribution is 2.35. The van der Waals surface area contributed by atoms with Gasteiger partial charge in [0.05, 0.1) is 25.8 Å². The molecule has 0 saturated carbocycles. The van der Waals surface area contributed by atoms with Crippen molar-refractivity contribution < 1.29 is 19.1 Å². The molecule has 1 heterocycles. The minimum Gasteiger partial charge on any atom is -0.497 e. The average molecular weight is 370 g/mol. The number of anilines is 1. The summed E-state index contributed by atoms with van der Waals surface area (Å²) in [4.78, 5) is 26.3. The van der Waals surface area contributed by atoms with Crippen molar-refractivity contribution in [3.8, 4) is 11.5 Å². The molecule has 134 valence electrons. The van der Waals surface area contributed by atoms with Gasteiger partial charge in [0.2, 0.25) is 0 Å². The van der Waals surface area contributed by atoms with Crippen LogP contribution in [0.25, 0.3) is 6.08 Å². The molecule has 6 nitrogen and oxygen atoms in total. The minimum atomic E-state index is -0.340. The van der Waals surface area contributed by atoms with Crippen molar-refractivity contribution >= 4 is 34.7 Å². The van der Waals surface area contributed by atoms with Crippen LogP contribution in [0.4, 0.5) is 10.5 Å². The fourth-order valence-corrected chi connectivity index (χ4v) is 3.29. The number of hydrogen-bond acceptors (Lipinski definition) is 6. The summed E-state index contributed by atoms with van der Waals surface area (Å²) < 4.78 is 10.5. The number of ether oxygens (including phenoxy) is 2. The standard InChI is InChI=1S/C19H18N2O4S/c1-24-15-8-9-16(25-2)13(10-15)11-17-18(22)21(19(23)26-17)12-20-14-6-4-3-5-7-14/h3-11,20H,12H2,1-2H3/b17-11-. The zero-order chi connectivity index (χ0) is 18.5. The van der Waals surface area contributed by atoms with Crippen LogP contribution in [0.2, 0.25) is 0 Å². The van der Waals surface area contributed by atoms with Crippen molar-refractivity contribution in [2.75, 3.05) is 26.2 Å². The number of methoxy groups -OCH3 is 2. The number of hydrogen-bond donors (Lipinski definition) is 1. The summed E-state index contributed by atoms with van der Waals surface area (Å²) in [5.74, 6) is 0.898. The Hall–Kier alpha value is -2.93. The fourth-order valence-electron chi connectivity index (χ4n) is 2.46. The molecule has 3 rings (SSSR count). The Morgan fingerprint density at radius 2 is 1.85 bits per heavy atom. The zero-order valence-electron chi connectivity index (χ0n) is 14.4. The lowest BCUT2D eigenvalue weighted by atomic mass is 10.1. The lowest BCUT2D eigenvalue weighted by Gasteiger charge is -2.14. The number of rotatable bonds is 6. The molecule has 1 aliphatic heterocycles. The van der Waals surface area contributed by atoms with E-state index in [1.165, 1.54) is 4.90 Å². The van der Waals surface area contributed by atoms with Gasteiger partial charge in [-0.05, 0) is 48.2 Å². The van der Waals surface area contributed by atoms with E-state index in [2.05, 4.69) is 5.32 Å². The Kier molecular flexibility index (Phi) is 5.48. The molecule has 1 N–H and O–H groups in total. The quantitative estimate of drug-likeness (QED) is 0.780. The lowest BCUT2D eigenvalue weighted by Crippen LogP contribution is -2.33. The number of nitrogens with zero attached hydrogens (tertiary/aromatic N) is 1. The maximum Gasteiger partial charge on any atom is 0.295 e. The number of nitrogens with one attached hydrogen (secondary N) is 1. The van der Waals surface area contributed by atoms with Gasteiger partial charge in [0.1, 0.15) is 11.5 Å². The van der Waals surface area contributed by atoms with E-state index in [1.807, 2.05) is 30.3 Å². The van der Waals surface area contributed by atoms with Crippen LogP contribution in [0, 0.1) is 0 Å². The largest absolute Gasteiger partial charge is 0.497 e. The van der Waals surface area contributed by atoms with Crippen LogP contribution in [-0.2, 0) is 4.79 Å². The van der Waals surface area contributed by atoms with Gasteiger partial charge in [-0.25, -0.2) is 0 Å². The molecule has 0 unspecified atom stereocenters. The van der Waals surface area contributed by atoms with Crippen LogP contribution < -0.4 is 14.8 Å². The van der Waals surface area contributed by atoms with Gasteiger partial charge in [-0.15, -0.1) is 0 Å². The van der Waals surface area contributed by atoms with E-state index in [0.29, 0.717) is 22.0 Å². The first-order valence-corrected chi connectivity index (χ1v) is 8.70. The first-order valence-electron chi connectivity index (χ1n) is 7.88. The number of carbonyl (C=O) groups is 2. The Morgan fingerprint density at radius 1 is 1.08 bits per heavy atom. The summed E-state index contributed by atoms with van der Waals surface area (Å²) in [7, 11) is 3.11. The number of amides is 2. The van der Waals surface area contributed by atoms with Gasteiger partial charge in [0.25, 0.3) is 11.1 Å². The van der Waals surface area contributed by atoms with E-state index in [-0.39, 0.29) is 17.8 Å². The number of carbonyl (C=O) groups excluding carboxylic acids is 2. The molecule has 2 amide bonds. The van der Waals surface area contributed by atoms with Gasteiger partial charge >= 0.3 is 0 Å². The van der Waals surface area contributed by atoms with E-state index >= 15 is 0 Å². The highest BCUT2D eigenvalue weighted by Gasteiger charge is 2.35. The van der Waals surface area contributed by atoms with Gasteiger partial charge < -0.3 is 14.8 Å². The van der Waals surface area contributed by atoms with Crippen molar-refractivity contribution in [2.45, 2.75) is 0 Å². The molecule has 0 bridgehead atoms. The van der Waals surface area contributed by atoms with Crippen molar-refractivity contribution in [1.82, 2.24) is 4.90 Å². The number of thioether (sulfide) groups is 1. The van der Waals surface area contributed by atoms with E-state index in [4.69, 9.17) is 9.47 Å². The summed E-state index contributed by atoms with van der Waals surface area (Å²) in [6.07, 6.45) is 1.65. The van der Waals surface area contributed by atoms with Crippen LogP contribution in [0.5, 0.6) is 11.5 Å². The molecule has 26 heavy (non-hydrogen) atoms. The van der Waals surface area contributed by atoms with E-state index in [9.17, 15) is 9.59 Å². The summed E-state index contributed by atoms with van der Waals surface area (Å²) in [5, 5.41) is 2.76. The molecule has 0 aromatic heterocycles. The Labute approximate surface area is 155 Å². The molecule has 1 saturated heterocycles. The monoisotopic (exact) mass is 370 g/mol. The highest BCUT2D eigenvalue weighted by atomic mass is 32.2. The molecule has 0 spiro atoms. The first kappa shape index (κ1) is 17.9. The Morgan fingerprint density at radius 3 is 2.54 bits per heavy atom. The zero-order valence-corrected chi connectivity index (χ0v) is 15.2. The molecule has 7 heteroatoms. The molecule has 0 aliphatic carbocycles. The summed E-state index contributed by atoms with van der Waals surface area (Å²) in [6, 6.07) is 14.7. The third-order valence-electron chi connectivity index (χ3n) is 3.81. The van der Waals surface area contributed by atoms with Crippen LogP contribution in [-0.4, -0.2) is 36.9 Å². The smallest absolute Gasteiger partial charge is 0.295 e. The predicted molar refractivity (Wildman–Crippen MR) is 102 cm³/mol. The Bertz CT molecular complexity index is 852. The van der Waals surface area contributed by atoms with Gasteiger partial charge in [0, 0.05) is 11.3 Å². The summed E-state index contributed by atoms with van der Waals surface area (Å²) in [5.41, 5.74) is 1.51. The maximum atomic E-state index is 12.6. The highest BCUT2D eigenvalue weighted by molar-refractivity contribution is 8.18. The molecular formula is C19H18N2O4S. The molecule has 1 fully saturated rings. The van der Waals surface area contributed by atoms with E-state index in [1.54, 1.807) is 38.5 Å². The van der Waals surface area contributed by atoms with Crippen LogP contribution in [0.1, 0.15) is 5.56 Å². The van der Waals surface area contributed by atoms with Gasteiger partial charge in [0.15, 0.2) is 0 Å². The molecule has 0 atom stereocenters. The summed E-state index contributed by atoms with van der Waals surface area (Å²) in [6.45, 7) is 0.112. The SMILES string of the molecule is COc1ccc(OC)c(/C=C2\SC(=O)N(CNc3ccccc3)C2=O)c1. The van der Waals surface area contributed by atoms with Crippen molar-refractivity contribution in [1.29, 1.82) is 0 Å². The fraction of sp³-hybridized carbons (Fsp3) is 0.158. The maximum absolute atomic E-state index is 12.6. The third-order valence-corrected chi connectivity index (χ3v) is 4.72. The lowest BCUT2D eigenvalue weighted by molar-refractivity contribution is -0.122. The second kappa shape index (κ2) is 7.97. The van der Waals surface area contributed by atoms with Gasteiger partial charge in [-0.3, -0.25) is 14.5 Å². The number of para-hydroxylation sites is 1. The number of benzene rings is 2. The molecule has 2 aromatic rings. The van der Waals surface area contributed by atoms with E-state index in [0.717, 1.165) is 17.4 Å². The molecule has 2 aromatic carbocycles. The van der Waals surface area contributed by atoms with Gasteiger partial charge in [-0.2, -0.15) is 0 Å². The van der Waals surface area contributed by atoms with Crippen LogP contribution >= 0.6 is 11.8 Å². The third kappa shape index (κ3) is 3.83. The van der Waals surface area contributed by atoms with Crippen molar-refractivity contribution in [3.63, 3.8) is 0 Å². The van der Waals surface area contributed by atoms with Crippen LogP contribution in [0.3, 0.4) is 0 Å². The summed E-state index contributed by atoms with van der Waals surface area (Å²) >= 11 is 0.907. The van der Waals surface area contributed by atoms with Gasteiger partial charge in [-0.1, -0.05) is 18.2 Å².